The molecule has 1 N–H and O–H groups in total. The summed E-state index contributed by atoms with van der Waals surface area (Å²) in [6.07, 6.45) is 1.54. The van der Waals surface area contributed by atoms with Gasteiger partial charge in [-0.3, -0.25) is 0 Å². The van der Waals surface area contributed by atoms with E-state index in [0.717, 1.165) is 19.4 Å². The SMILES string of the molecule is CCCN(C1CCNC1)S(=O)(=O)c1cccc(F)c1C.Cl. The summed E-state index contributed by atoms with van der Waals surface area (Å²) in [5, 5.41) is 3.18. The lowest BCUT2D eigenvalue weighted by Gasteiger charge is -2.28. The maximum absolute atomic E-state index is 13.6. The molecule has 0 saturated carbocycles. The minimum absolute atomic E-state index is 0. The van der Waals surface area contributed by atoms with Gasteiger partial charge in [0.05, 0.1) is 4.90 Å². The highest BCUT2D eigenvalue weighted by Gasteiger charge is 2.33. The van der Waals surface area contributed by atoms with Crippen molar-refractivity contribution >= 4 is 22.4 Å². The molecule has 1 aliphatic rings. The molecule has 0 radical (unpaired) electrons. The summed E-state index contributed by atoms with van der Waals surface area (Å²) < 4.78 is 40.8. The van der Waals surface area contributed by atoms with Crippen LogP contribution in [0.15, 0.2) is 23.1 Å². The zero-order valence-corrected chi connectivity index (χ0v) is 13.9. The molecular weight excluding hydrogens is 315 g/mol. The van der Waals surface area contributed by atoms with Crippen molar-refractivity contribution in [2.45, 2.75) is 37.6 Å². The first kappa shape index (κ1) is 18.4. The van der Waals surface area contributed by atoms with Crippen LogP contribution in [0.25, 0.3) is 0 Å². The number of nitrogens with one attached hydrogen (secondary N) is 1. The fourth-order valence-corrected chi connectivity index (χ4v) is 4.58. The maximum Gasteiger partial charge on any atom is 0.243 e. The van der Waals surface area contributed by atoms with Gasteiger partial charge in [-0.1, -0.05) is 13.0 Å². The minimum atomic E-state index is -3.65. The number of hydrogen-bond acceptors (Lipinski definition) is 3. The van der Waals surface area contributed by atoms with Gasteiger partial charge in [0.25, 0.3) is 0 Å². The van der Waals surface area contributed by atoms with Crippen LogP contribution in [0.2, 0.25) is 0 Å². The van der Waals surface area contributed by atoms with Gasteiger partial charge in [0, 0.05) is 24.7 Å². The van der Waals surface area contributed by atoms with Gasteiger partial charge < -0.3 is 5.32 Å². The van der Waals surface area contributed by atoms with Crippen molar-refractivity contribution in [2.24, 2.45) is 0 Å². The molecule has 1 aromatic rings. The van der Waals surface area contributed by atoms with E-state index in [2.05, 4.69) is 5.32 Å². The molecule has 7 heteroatoms. The predicted octanol–water partition coefficient (Wildman–Crippen LogP) is 2.32. The van der Waals surface area contributed by atoms with Crippen molar-refractivity contribution in [2.75, 3.05) is 19.6 Å². The molecular formula is C14H22ClFN2O2S. The molecule has 1 fully saturated rings. The summed E-state index contributed by atoms with van der Waals surface area (Å²) in [4.78, 5) is 0.0813. The quantitative estimate of drug-likeness (QED) is 0.897. The Morgan fingerprint density at radius 3 is 2.71 bits per heavy atom. The number of nitrogens with zero attached hydrogens (tertiary/aromatic N) is 1. The number of hydrogen-bond donors (Lipinski definition) is 1. The Morgan fingerprint density at radius 2 is 2.14 bits per heavy atom. The van der Waals surface area contributed by atoms with Crippen LogP contribution in [0.5, 0.6) is 0 Å². The van der Waals surface area contributed by atoms with E-state index in [-0.39, 0.29) is 28.9 Å². The van der Waals surface area contributed by atoms with Gasteiger partial charge in [0.15, 0.2) is 0 Å². The Hall–Kier alpha value is -0.690. The topological polar surface area (TPSA) is 49.4 Å². The van der Waals surface area contributed by atoms with Crippen LogP contribution in [0, 0.1) is 12.7 Å². The Labute approximate surface area is 132 Å². The van der Waals surface area contributed by atoms with E-state index in [0.29, 0.717) is 13.1 Å². The second-order valence-electron chi connectivity index (χ2n) is 5.13. The molecule has 1 atom stereocenters. The van der Waals surface area contributed by atoms with Crippen molar-refractivity contribution in [3.8, 4) is 0 Å². The van der Waals surface area contributed by atoms with E-state index in [1.54, 1.807) is 0 Å². The Bertz CT molecular complexity index is 574. The molecule has 21 heavy (non-hydrogen) atoms. The van der Waals surface area contributed by atoms with Crippen LogP contribution in [-0.4, -0.2) is 38.4 Å². The summed E-state index contributed by atoms with van der Waals surface area (Å²) in [5.74, 6) is -0.480. The first-order chi connectivity index (χ1) is 9.48. The number of benzene rings is 1. The first-order valence-corrected chi connectivity index (χ1v) is 8.40. The van der Waals surface area contributed by atoms with Crippen LogP contribution in [0.1, 0.15) is 25.3 Å². The van der Waals surface area contributed by atoms with Crippen LogP contribution >= 0.6 is 12.4 Å². The highest BCUT2D eigenvalue weighted by atomic mass is 35.5. The highest BCUT2D eigenvalue weighted by molar-refractivity contribution is 7.89. The van der Waals surface area contributed by atoms with Crippen LogP contribution in [-0.2, 0) is 10.0 Å². The molecule has 0 spiro atoms. The number of sulfonamides is 1. The second kappa shape index (κ2) is 7.54. The largest absolute Gasteiger partial charge is 0.315 e. The molecule has 2 rings (SSSR count). The molecule has 1 unspecified atom stereocenters. The van der Waals surface area contributed by atoms with Crippen LogP contribution in [0.4, 0.5) is 4.39 Å². The monoisotopic (exact) mass is 336 g/mol. The van der Waals surface area contributed by atoms with Gasteiger partial charge in [0.1, 0.15) is 5.82 Å². The normalized spacial score (nSPS) is 18.8. The van der Waals surface area contributed by atoms with Gasteiger partial charge in [-0.25, -0.2) is 12.8 Å². The van der Waals surface area contributed by atoms with E-state index in [1.807, 2.05) is 6.92 Å². The zero-order valence-electron chi connectivity index (χ0n) is 12.3. The molecule has 0 aromatic heterocycles. The van der Waals surface area contributed by atoms with Gasteiger partial charge >= 0.3 is 0 Å². The smallest absolute Gasteiger partial charge is 0.243 e. The van der Waals surface area contributed by atoms with Crippen molar-refractivity contribution in [1.29, 1.82) is 0 Å². The Kier molecular flexibility index (Phi) is 6.59. The van der Waals surface area contributed by atoms with E-state index in [1.165, 1.54) is 29.4 Å². The lowest BCUT2D eigenvalue weighted by molar-refractivity contribution is 0.334. The standard InChI is InChI=1S/C14H21FN2O2S.ClH/c1-3-9-17(12-7-8-16-10-12)20(18,19)14-6-4-5-13(15)11(14)2;/h4-6,12,16H,3,7-10H2,1-2H3;1H. The molecule has 1 aliphatic heterocycles. The van der Waals surface area contributed by atoms with Crippen molar-refractivity contribution < 1.29 is 12.8 Å². The molecule has 0 amide bonds. The van der Waals surface area contributed by atoms with Crippen molar-refractivity contribution in [3.63, 3.8) is 0 Å². The first-order valence-electron chi connectivity index (χ1n) is 6.96. The van der Waals surface area contributed by atoms with Crippen LogP contribution in [0.3, 0.4) is 0 Å². The molecule has 0 aliphatic carbocycles. The third kappa shape index (κ3) is 3.74. The molecule has 1 heterocycles. The Balaban J connectivity index is 0.00000220. The average molecular weight is 337 g/mol. The van der Waals surface area contributed by atoms with Crippen LogP contribution < -0.4 is 5.32 Å². The van der Waals surface area contributed by atoms with E-state index in [9.17, 15) is 12.8 Å². The second-order valence-corrected chi connectivity index (χ2v) is 6.98. The summed E-state index contributed by atoms with van der Waals surface area (Å²) in [7, 11) is -3.65. The highest BCUT2D eigenvalue weighted by Crippen LogP contribution is 2.25. The summed E-state index contributed by atoms with van der Waals surface area (Å²) >= 11 is 0. The maximum atomic E-state index is 13.6. The third-order valence-electron chi connectivity index (χ3n) is 3.69. The minimum Gasteiger partial charge on any atom is -0.315 e. The third-order valence-corrected chi connectivity index (χ3v) is 5.79. The Morgan fingerprint density at radius 1 is 1.43 bits per heavy atom. The molecule has 0 bridgehead atoms. The molecule has 120 valence electrons. The molecule has 4 nitrogen and oxygen atoms in total. The molecule has 1 saturated heterocycles. The summed E-state index contributed by atoms with van der Waals surface area (Å²) in [5.41, 5.74) is 0.194. The molecule has 1 aromatic carbocycles. The van der Waals surface area contributed by atoms with Crippen molar-refractivity contribution in [3.05, 3.63) is 29.6 Å². The lowest BCUT2D eigenvalue weighted by Crippen LogP contribution is -2.42. The lowest BCUT2D eigenvalue weighted by atomic mass is 10.2. The van der Waals surface area contributed by atoms with Gasteiger partial charge in [-0.05, 0) is 38.4 Å². The number of halogens is 2. The fourth-order valence-electron chi connectivity index (χ4n) is 2.60. The summed E-state index contributed by atoms with van der Waals surface area (Å²) in [6.45, 7) is 5.41. The van der Waals surface area contributed by atoms with Crippen molar-refractivity contribution in [1.82, 2.24) is 9.62 Å². The van der Waals surface area contributed by atoms with Gasteiger partial charge in [0.2, 0.25) is 10.0 Å². The van der Waals surface area contributed by atoms with E-state index >= 15 is 0 Å². The average Bonchev–Trinajstić information content (AvgIpc) is 2.92. The zero-order chi connectivity index (χ0) is 14.8. The van der Waals surface area contributed by atoms with E-state index < -0.39 is 15.8 Å². The van der Waals surface area contributed by atoms with Gasteiger partial charge in [-0.2, -0.15) is 4.31 Å². The van der Waals surface area contributed by atoms with Gasteiger partial charge in [-0.15, -0.1) is 12.4 Å². The number of rotatable bonds is 5. The van der Waals surface area contributed by atoms with E-state index in [4.69, 9.17) is 0 Å². The summed E-state index contributed by atoms with van der Waals surface area (Å²) in [6, 6.07) is 4.18. The fraction of sp³-hybridized carbons (Fsp3) is 0.571. The predicted molar refractivity (Wildman–Crippen MR) is 83.8 cm³/mol.